The number of fused-ring (bicyclic) bond motifs is 1. The normalized spacial score (nSPS) is 15.5. The Morgan fingerprint density at radius 2 is 2.31 bits per heavy atom. The average Bonchev–Trinajstić information content (AvgIpc) is 2.60. The molecule has 72 valence electrons. The summed E-state index contributed by atoms with van der Waals surface area (Å²) in [5, 5.41) is 0. The lowest BCUT2D eigenvalue weighted by atomic mass is 10.2. The lowest BCUT2D eigenvalue weighted by Crippen LogP contribution is -2.19. The first-order valence-electron chi connectivity index (χ1n) is 4.97. The fourth-order valence-electron chi connectivity index (χ4n) is 1.66. The quantitative estimate of drug-likeness (QED) is 0.698. The zero-order valence-electron chi connectivity index (χ0n) is 8.50. The van der Waals surface area contributed by atoms with E-state index in [0.717, 1.165) is 37.0 Å². The molecule has 0 fully saturated rings. The van der Waals surface area contributed by atoms with Crippen molar-refractivity contribution < 1.29 is 4.42 Å². The summed E-state index contributed by atoms with van der Waals surface area (Å²) in [5.74, 6) is 2.28. The number of hydrogen-bond donors (Lipinski definition) is 0. The van der Waals surface area contributed by atoms with Crippen LogP contribution >= 0.6 is 0 Å². The van der Waals surface area contributed by atoms with Gasteiger partial charge in [-0.1, -0.05) is 13.8 Å². The van der Waals surface area contributed by atoms with Crippen molar-refractivity contribution in [3.8, 4) is 0 Å². The van der Waals surface area contributed by atoms with Crippen LogP contribution in [0.5, 0.6) is 0 Å². The van der Waals surface area contributed by atoms with E-state index in [0.29, 0.717) is 5.92 Å². The van der Waals surface area contributed by atoms with Crippen LogP contribution in [0.4, 0.5) is 5.88 Å². The second-order valence-electron chi connectivity index (χ2n) is 3.79. The van der Waals surface area contributed by atoms with Crippen molar-refractivity contribution in [2.24, 2.45) is 0 Å². The third-order valence-corrected chi connectivity index (χ3v) is 2.47. The summed E-state index contributed by atoms with van der Waals surface area (Å²) in [4.78, 5) is 6.72. The van der Waals surface area contributed by atoms with E-state index in [4.69, 9.17) is 4.42 Å². The molecule has 0 amide bonds. The Hall–Kier alpha value is -0.990. The Morgan fingerprint density at radius 3 is 2.92 bits per heavy atom. The monoisotopic (exact) mass is 180 g/mol. The first kappa shape index (κ1) is 8.60. The number of nitrogens with zero attached hydrogens (tertiary/aromatic N) is 2. The molecule has 3 nitrogen and oxygen atoms in total. The van der Waals surface area contributed by atoms with E-state index < -0.39 is 0 Å². The molecule has 13 heavy (non-hydrogen) atoms. The second kappa shape index (κ2) is 3.05. The maximum atomic E-state index is 5.71. The molecule has 1 aromatic rings. The third-order valence-electron chi connectivity index (χ3n) is 2.47. The fraction of sp³-hybridized carbons (Fsp3) is 0.700. The van der Waals surface area contributed by atoms with E-state index in [1.54, 1.807) is 0 Å². The van der Waals surface area contributed by atoms with Gasteiger partial charge in [0.2, 0.25) is 5.88 Å². The molecule has 0 radical (unpaired) electrons. The number of hydrogen-bond acceptors (Lipinski definition) is 3. The highest BCUT2D eigenvalue weighted by atomic mass is 16.4. The minimum Gasteiger partial charge on any atom is -0.425 e. The van der Waals surface area contributed by atoms with Gasteiger partial charge in [-0.15, -0.1) is 0 Å². The fourth-order valence-corrected chi connectivity index (χ4v) is 1.66. The standard InChI is InChI=1S/C10H16N2O/c1-4-12-6-5-8-10(12)13-9(11-8)7(2)3/h7H,4-6H2,1-3H3. The Bertz CT molecular complexity index is 304. The third kappa shape index (κ3) is 1.32. The molecule has 0 saturated carbocycles. The maximum absolute atomic E-state index is 5.71. The van der Waals surface area contributed by atoms with Crippen molar-refractivity contribution in [2.75, 3.05) is 18.0 Å². The van der Waals surface area contributed by atoms with Crippen LogP contribution in [0.2, 0.25) is 0 Å². The number of rotatable bonds is 2. The molecule has 1 aliphatic rings. The van der Waals surface area contributed by atoms with Crippen molar-refractivity contribution in [3.05, 3.63) is 11.6 Å². The predicted octanol–water partition coefficient (Wildman–Crippen LogP) is 2.18. The second-order valence-corrected chi connectivity index (χ2v) is 3.79. The van der Waals surface area contributed by atoms with E-state index >= 15 is 0 Å². The zero-order chi connectivity index (χ0) is 9.42. The lowest BCUT2D eigenvalue weighted by Gasteiger charge is -2.12. The van der Waals surface area contributed by atoms with Crippen LogP contribution in [0.3, 0.4) is 0 Å². The van der Waals surface area contributed by atoms with Gasteiger partial charge in [-0.05, 0) is 6.92 Å². The summed E-state index contributed by atoms with van der Waals surface area (Å²) in [6.45, 7) is 8.44. The zero-order valence-corrected chi connectivity index (χ0v) is 8.50. The van der Waals surface area contributed by atoms with E-state index in [9.17, 15) is 0 Å². The summed E-state index contributed by atoms with van der Waals surface area (Å²) in [6.07, 6.45) is 1.04. The molecule has 0 atom stereocenters. The van der Waals surface area contributed by atoms with Crippen molar-refractivity contribution in [3.63, 3.8) is 0 Å². The topological polar surface area (TPSA) is 29.3 Å². The maximum Gasteiger partial charge on any atom is 0.219 e. The highest BCUT2D eigenvalue weighted by Crippen LogP contribution is 2.30. The number of oxazole rings is 1. The Morgan fingerprint density at radius 1 is 1.54 bits per heavy atom. The summed E-state index contributed by atoms with van der Waals surface area (Å²) in [6, 6.07) is 0. The van der Waals surface area contributed by atoms with Crippen LogP contribution in [0.1, 0.15) is 38.3 Å². The number of anilines is 1. The smallest absolute Gasteiger partial charge is 0.219 e. The van der Waals surface area contributed by atoms with Crippen molar-refractivity contribution in [1.82, 2.24) is 4.98 Å². The summed E-state index contributed by atoms with van der Waals surface area (Å²) in [5.41, 5.74) is 1.14. The van der Waals surface area contributed by atoms with Gasteiger partial charge >= 0.3 is 0 Å². The van der Waals surface area contributed by atoms with Crippen molar-refractivity contribution in [2.45, 2.75) is 33.1 Å². The van der Waals surface area contributed by atoms with Gasteiger partial charge in [-0.25, -0.2) is 4.98 Å². The SMILES string of the molecule is CCN1CCc2nc(C(C)C)oc21. The number of likely N-dealkylation sites (N-methyl/N-ethyl adjacent to an activating group) is 1. The largest absolute Gasteiger partial charge is 0.425 e. The molecular formula is C10H16N2O. The van der Waals surface area contributed by atoms with Gasteiger partial charge in [0.1, 0.15) is 5.69 Å². The van der Waals surface area contributed by atoms with Crippen molar-refractivity contribution >= 4 is 5.88 Å². The van der Waals surface area contributed by atoms with E-state index in [-0.39, 0.29) is 0 Å². The molecule has 0 saturated heterocycles. The molecule has 1 aromatic heterocycles. The average molecular weight is 180 g/mol. The van der Waals surface area contributed by atoms with Crippen LogP contribution in [0, 0.1) is 0 Å². The Balaban J connectivity index is 2.31. The molecule has 3 heteroatoms. The van der Waals surface area contributed by atoms with Gasteiger partial charge in [0, 0.05) is 25.4 Å². The van der Waals surface area contributed by atoms with Gasteiger partial charge < -0.3 is 9.32 Å². The molecule has 0 unspecified atom stereocenters. The van der Waals surface area contributed by atoms with E-state index in [1.807, 2.05) is 0 Å². The summed E-state index contributed by atoms with van der Waals surface area (Å²) in [7, 11) is 0. The Kier molecular flexibility index (Phi) is 2.02. The molecule has 0 aliphatic carbocycles. The summed E-state index contributed by atoms with van der Waals surface area (Å²) < 4.78 is 5.71. The highest BCUT2D eigenvalue weighted by molar-refractivity contribution is 5.46. The van der Waals surface area contributed by atoms with E-state index in [2.05, 4.69) is 30.7 Å². The molecule has 0 N–H and O–H groups in total. The molecule has 0 bridgehead atoms. The number of aromatic nitrogens is 1. The van der Waals surface area contributed by atoms with Crippen LogP contribution in [0.15, 0.2) is 4.42 Å². The van der Waals surface area contributed by atoms with Crippen molar-refractivity contribution in [1.29, 1.82) is 0 Å². The van der Waals surface area contributed by atoms with Crippen LogP contribution in [-0.2, 0) is 6.42 Å². The van der Waals surface area contributed by atoms with Gasteiger partial charge in [0.25, 0.3) is 0 Å². The van der Waals surface area contributed by atoms with Gasteiger partial charge in [-0.3, -0.25) is 0 Å². The van der Waals surface area contributed by atoms with Crippen LogP contribution in [-0.4, -0.2) is 18.1 Å². The Labute approximate surface area is 78.8 Å². The van der Waals surface area contributed by atoms with Gasteiger partial charge in [0.15, 0.2) is 5.89 Å². The molecule has 1 aliphatic heterocycles. The van der Waals surface area contributed by atoms with E-state index in [1.165, 1.54) is 0 Å². The van der Waals surface area contributed by atoms with Gasteiger partial charge in [-0.2, -0.15) is 0 Å². The minimum atomic E-state index is 0.393. The first-order valence-corrected chi connectivity index (χ1v) is 4.97. The first-order chi connectivity index (χ1) is 6.22. The molecule has 0 spiro atoms. The van der Waals surface area contributed by atoms with Crippen LogP contribution < -0.4 is 4.90 Å². The molecule has 2 heterocycles. The molecule has 0 aromatic carbocycles. The summed E-state index contributed by atoms with van der Waals surface area (Å²) >= 11 is 0. The molecular weight excluding hydrogens is 164 g/mol. The lowest BCUT2D eigenvalue weighted by molar-refractivity contribution is 0.467. The van der Waals surface area contributed by atoms with Gasteiger partial charge in [0.05, 0.1) is 0 Å². The highest BCUT2D eigenvalue weighted by Gasteiger charge is 2.25. The minimum absolute atomic E-state index is 0.393. The molecule has 2 rings (SSSR count). The predicted molar refractivity (Wildman–Crippen MR) is 52.2 cm³/mol. The van der Waals surface area contributed by atoms with Crippen LogP contribution in [0.25, 0.3) is 0 Å².